The van der Waals surface area contributed by atoms with Crippen molar-refractivity contribution in [2.45, 2.75) is 51.5 Å². The van der Waals surface area contributed by atoms with Gasteiger partial charge < -0.3 is 10.6 Å². The molecule has 4 heteroatoms. The molecule has 4 nitrogen and oxygen atoms in total. The molecular formula is C15H29N3O. The van der Waals surface area contributed by atoms with Gasteiger partial charge in [-0.25, -0.2) is 0 Å². The number of amides is 1. The van der Waals surface area contributed by atoms with E-state index in [4.69, 9.17) is 0 Å². The maximum Gasteiger partial charge on any atom is 0.223 e. The Morgan fingerprint density at radius 1 is 1.26 bits per heavy atom. The Bertz CT molecular complexity index is 277. The molecule has 1 atom stereocenters. The fourth-order valence-electron chi connectivity index (χ4n) is 3.37. The van der Waals surface area contributed by atoms with Crippen LogP contribution in [0.4, 0.5) is 0 Å². The van der Waals surface area contributed by atoms with E-state index in [1.807, 2.05) is 0 Å². The summed E-state index contributed by atoms with van der Waals surface area (Å²) in [6.07, 6.45) is 7.25. The van der Waals surface area contributed by atoms with E-state index in [1.54, 1.807) is 0 Å². The van der Waals surface area contributed by atoms with E-state index in [1.165, 1.54) is 32.2 Å². The van der Waals surface area contributed by atoms with Crippen LogP contribution in [-0.4, -0.2) is 49.6 Å². The zero-order valence-electron chi connectivity index (χ0n) is 12.3. The van der Waals surface area contributed by atoms with Gasteiger partial charge in [-0.15, -0.1) is 0 Å². The van der Waals surface area contributed by atoms with Crippen LogP contribution in [0.25, 0.3) is 0 Å². The number of carbonyl (C=O) groups is 1. The molecule has 0 aromatic rings. The largest absolute Gasteiger partial charge is 0.355 e. The molecule has 2 heterocycles. The average Bonchev–Trinajstić information content (AvgIpc) is 2.48. The second kappa shape index (κ2) is 7.85. The molecule has 0 aromatic heterocycles. The lowest BCUT2D eigenvalue weighted by Gasteiger charge is -2.35. The molecule has 1 unspecified atom stereocenters. The minimum absolute atomic E-state index is 0.240. The molecule has 2 N–H and O–H groups in total. The molecule has 19 heavy (non-hydrogen) atoms. The van der Waals surface area contributed by atoms with E-state index >= 15 is 0 Å². The van der Waals surface area contributed by atoms with Gasteiger partial charge in [0, 0.05) is 25.0 Å². The second-order valence-corrected chi connectivity index (χ2v) is 5.91. The highest BCUT2D eigenvalue weighted by Crippen LogP contribution is 2.18. The molecule has 2 rings (SSSR count). The van der Waals surface area contributed by atoms with Crippen molar-refractivity contribution in [3.05, 3.63) is 0 Å². The maximum absolute atomic E-state index is 12.0. The van der Waals surface area contributed by atoms with E-state index in [0.717, 1.165) is 45.1 Å². The summed E-state index contributed by atoms with van der Waals surface area (Å²) in [5.74, 6) is 0.510. The Hall–Kier alpha value is -0.610. The first-order chi connectivity index (χ1) is 9.31. The second-order valence-electron chi connectivity index (χ2n) is 5.91. The molecule has 1 amide bonds. The normalized spacial score (nSPS) is 26.3. The van der Waals surface area contributed by atoms with Crippen LogP contribution in [0, 0.1) is 5.92 Å². The SMILES string of the molecule is CCC1CCCCN1CCNC(=O)C1CCNCC1. The lowest BCUT2D eigenvalue weighted by molar-refractivity contribution is -0.125. The topological polar surface area (TPSA) is 44.4 Å². The highest BCUT2D eigenvalue weighted by atomic mass is 16.1. The molecule has 2 fully saturated rings. The van der Waals surface area contributed by atoms with Gasteiger partial charge in [0.2, 0.25) is 5.91 Å². The highest BCUT2D eigenvalue weighted by molar-refractivity contribution is 5.78. The van der Waals surface area contributed by atoms with Gasteiger partial charge in [-0.1, -0.05) is 13.3 Å². The Morgan fingerprint density at radius 3 is 2.79 bits per heavy atom. The van der Waals surface area contributed by atoms with Crippen LogP contribution in [0.2, 0.25) is 0 Å². The Labute approximate surface area is 117 Å². The molecule has 0 aromatic carbocycles. The van der Waals surface area contributed by atoms with Gasteiger partial charge in [-0.2, -0.15) is 0 Å². The molecule has 110 valence electrons. The molecule has 0 spiro atoms. The molecule has 0 bridgehead atoms. The predicted molar refractivity (Wildman–Crippen MR) is 78.1 cm³/mol. The summed E-state index contributed by atoms with van der Waals surface area (Å²) >= 11 is 0. The number of carbonyl (C=O) groups excluding carboxylic acids is 1. The number of likely N-dealkylation sites (tertiary alicyclic amines) is 1. The van der Waals surface area contributed by atoms with Crippen LogP contribution in [0.5, 0.6) is 0 Å². The molecule has 2 saturated heterocycles. The van der Waals surface area contributed by atoms with Crippen molar-refractivity contribution in [2.75, 3.05) is 32.7 Å². The van der Waals surface area contributed by atoms with Crippen molar-refractivity contribution in [1.82, 2.24) is 15.5 Å². The summed E-state index contributed by atoms with van der Waals surface area (Å²) in [5, 5.41) is 6.44. The van der Waals surface area contributed by atoms with Gasteiger partial charge in [0.15, 0.2) is 0 Å². The van der Waals surface area contributed by atoms with Gasteiger partial charge in [0.1, 0.15) is 0 Å². The average molecular weight is 267 g/mol. The van der Waals surface area contributed by atoms with Crippen molar-refractivity contribution in [2.24, 2.45) is 5.92 Å². The van der Waals surface area contributed by atoms with E-state index in [2.05, 4.69) is 22.5 Å². The van der Waals surface area contributed by atoms with Crippen LogP contribution < -0.4 is 10.6 Å². The van der Waals surface area contributed by atoms with Crippen LogP contribution >= 0.6 is 0 Å². The minimum Gasteiger partial charge on any atom is -0.355 e. The molecular weight excluding hydrogens is 238 g/mol. The third-order valence-electron chi connectivity index (χ3n) is 4.63. The highest BCUT2D eigenvalue weighted by Gasteiger charge is 2.22. The number of nitrogens with one attached hydrogen (secondary N) is 2. The van der Waals surface area contributed by atoms with Crippen molar-refractivity contribution in [3.8, 4) is 0 Å². The fraction of sp³-hybridized carbons (Fsp3) is 0.933. The first-order valence-electron chi connectivity index (χ1n) is 8.03. The quantitative estimate of drug-likeness (QED) is 0.791. The molecule has 0 saturated carbocycles. The fourth-order valence-corrected chi connectivity index (χ4v) is 3.37. The van der Waals surface area contributed by atoms with Crippen LogP contribution in [-0.2, 0) is 4.79 Å². The van der Waals surface area contributed by atoms with Gasteiger partial charge in [-0.05, 0) is 51.7 Å². The number of nitrogens with zero attached hydrogens (tertiary/aromatic N) is 1. The van der Waals surface area contributed by atoms with E-state index in [-0.39, 0.29) is 11.8 Å². The Kier molecular flexibility index (Phi) is 6.11. The van der Waals surface area contributed by atoms with Crippen molar-refractivity contribution < 1.29 is 4.79 Å². The summed E-state index contributed by atoms with van der Waals surface area (Å²) in [7, 11) is 0. The first kappa shape index (κ1) is 14.8. The minimum atomic E-state index is 0.240. The van der Waals surface area contributed by atoms with Crippen LogP contribution in [0.1, 0.15) is 45.4 Å². The first-order valence-corrected chi connectivity index (χ1v) is 8.03. The molecule has 2 aliphatic rings. The number of rotatable bonds is 5. The lowest BCUT2D eigenvalue weighted by atomic mass is 9.97. The third kappa shape index (κ3) is 4.46. The van der Waals surface area contributed by atoms with E-state index < -0.39 is 0 Å². The van der Waals surface area contributed by atoms with Crippen molar-refractivity contribution >= 4 is 5.91 Å². The summed E-state index contributed by atoms with van der Waals surface area (Å²) in [6, 6.07) is 0.740. The van der Waals surface area contributed by atoms with E-state index in [9.17, 15) is 4.79 Å². The lowest BCUT2D eigenvalue weighted by Crippen LogP contribution is -2.45. The number of hydrogen-bond acceptors (Lipinski definition) is 3. The molecule has 0 aliphatic carbocycles. The summed E-state index contributed by atoms with van der Waals surface area (Å²) < 4.78 is 0. The van der Waals surface area contributed by atoms with Gasteiger partial charge >= 0.3 is 0 Å². The number of piperidine rings is 2. The van der Waals surface area contributed by atoms with E-state index in [0.29, 0.717) is 0 Å². The molecule has 0 radical (unpaired) electrons. The van der Waals surface area contributed by atoms with Gasteiger partial charge in [0.05, 0.1) is 0 Å². The zero-order chi connectivity index (χ0) is 13.5. The predicted octanol–water partition coefficient (Wildman–Crippen LogP) is 1.37. The molecule has 2 aliphatic heterocycles. The Balaban J connectivity index is 1.65. The van der Waals surface area contributed by atoms with Crippen LogP contribution in [0.15, 0.2) is 0 Å². The standard InChI is InChI=1S/C15H29N3O/c1-2-14-5-3-4-11-18(14)12-10-17-15(19)13-6-8-16-9-7-13/h13-14,16H,2-12H2,1H3,(H,17,19). The monoisotopic (exact) mass is 267 g/mol. The smallest absolute Gasteiger partial charge is 0.223 e. The van der Waals surface area contributed by atoms with Crippen LogP contribution in [0.3, 0.4) is 0 Å². The Morgan fingerprint density at radius 2 is 2.05 bits per heavy atom. The third-order valence-corrected chi connectivity index (χ3v) is 4.63. The zero-order valence-corrected chi connectivity index (χ0v) is 12.3. The van der Waals surface area contributed by atoms with Crippen molar-refractivity contribution in [3.63, 3.8) is 0 Å². The summed E-state index contributed by atoms with van der Waals surface area (Å²) in [5.41, 5.74) is 0. The van der Waals surface area contributed by atoms with Crippen molar-refractivity contribution in [1.29, 1.82) is 0 Å². The van der Waals surface area contributed by atoms with Gasteiger partial charge in [0.25, 0.3) is 0 Å². The maximum atomic E-state index is 12.0. The number of hydrogen-bond donors (Lipinski definition) is 2. The summed E-state index contributed by atoms with van der Waals surface area (Å²) in [4.78, 5) is 14.6. The summed E-state index contributed by atoms with van der Waals surface area (Å²) in [6.45, 7) is 7.30. The van der Waals surface area contributed by atoms with Gasteiger partial charge in [-0.3, -0.25) is 9.69 Å².